The quantitative estimate of drug-likeness (QED) is 0.870. The monoisotopic (exact) mass is 235 g/mol. The fourth-order valence-corrected chi connectivity index (χ4v) is 2.13. The zero-order valence-corrected chi connectivity index (χ0v) is 10.3. The first-order valence-electron chi connectivity index (χ1n) is 5.98. The first kappa shape index (κ1) is 12.2. The van der Waals surface area contributed by atoms with Crippen LogP contribution in [0.3, 0.4) is 0 Å². The van der Waals surface area contributed by atoms with Crippen molar-refractivity contribution in [2.75, 3.05) is 0 Å². The van der Waals surface area contributed by atoms with Crippen molar-refractivity contribution in [3.05, 3.63) is 35.1 Å². The Hall–Kier alpha value is -1.22. The van der Waals surface area contributed by atoms with Crippen LogP contribution in [0.1, 0.15) is 30.9 Å². The second kappa shape index (κ2) is 4.22. The number of aryl methyl sites for hydroxylation is 1. The van der Waals surface area contributed by atoms with Gasteiger partial charge in [-0.1, -0.05) is 6.07 Å². The van der Waals surface area contributed by atoms with Crippen molar-refractivity contribution >= 4 is 5.78 Å². The highest BCUT2D eigenvalue weighted by molar-refractivity contribution is 5.90. The van der Waals surface area contributed by atoms with E-state index >= 15 is 0 Å². The van der Waals surface area contributed by atoms with Crippen molar-refractivity contribution in [2.45, 2.75) is 38.6 Å². The van der Waals surface area contributed by atoms with E-state index < -0.39 is 5.54 Å². The van der Waals surface area contributed by atoms with E-state index in [0.29, 0.717) is 12.3 Å². The van der Waals surface area contributed by atoms with Crippen LogP contribution in [-0.4, -0.2) is 11.3 Å². The van der Waals surface area contributed by atoms with Crippen LogP contribution in [0, 0.1) is 18.7 Å². The van der Waals surface area contributed by atoms with Gasteiger partial charge >= 0.3 is 0 Å². The van der Waals surface area contributed by atoms with Crippen molar-refractivity contribution in [1.82, 2.24) is 0 Å². The number of hydrogen-bond donors (Lipinski definition) is 1. The molecule has 1 aromatic rings. The van der Waals surface area contributed by atoms with Crippen molar-refractivity contribution in [3.8, 4) is 0 Å². The third kappa shape index (κ3) is 2.55. The number of halogens is 1. The van der Waals surface area contributed by atoms with Gasteiger partial charge in [-0.05, 0) is 55.9 Å². The lowest BCUT2D eigenvalue weighted by Gasteiger charge is -2.23. The first-order chi connectivity index (χ1) is 7.91. The number of carbonyl (C=O) groups is 1. The van der Waals surface area contributed by atoms with Crippen molar-refractivity contribution in [3.63, 3.8) is 0 Å². The topological polar surface area (TPSA) is 43.1 Å². The van der Waals surface area contributed by atoms with Crippen LogP contribution in [0.15, 0.2) is 18.2 Å². The van der Waals surface area contributed by atoms with Crippen molar-refractivity contribution < 1.29 is 9.18 Å². The van der Waals surface area contributed by atoms with E-state index in [1.807, 2.05) is 13.8 Å². The zero-order chi connectivity index (χ0) is 12.6. The molecule has 1 atom stereocenters. The summed E-state index contributed by atoms with van der Waals surface area (Å²) in [5, 5.41) is 0. The summed E-state index contributed by atoms with van der Waals surface area (Å²) in [7, 11) is 0. The van der Waals surface area contributed by atoms with E-state index in [4.69, 9.17) is 5.73 Å². The molecule has 1 aromatic carbocycles. The summed E-state index contributed by atoms with van der Waals surface area (Å²) in [6.45, 7) is 3.63. The van der Waals surface area contributed by atoms with Crippen molar-refractivity contribution in [2.24, 2.45) is 11.7 Å². The van der Waals surface area contributed by atoms with E-state index in [9.17, 15) is 9.18 Å². The Kier molecular flexibility index (Phi) is 3.04. The third-order valence-corrected chi connectivity index (χ3v) is 3.68. The largest absolute Gasteiger partial charge is 0.319 e. The fraction of sp³-hybridized carbons (Fsp3) is 0.500. The minimum absolute atomic E-state index is 0.0507. The predicted octanol–water partition coefficient (Wildman–Crippen LogP) is 2.37. The van der Waals surface area contributed by atoms with Gasteiger partial charge in [0.15, 0.2) is 5.78 Å². The standard InChI is InChI=1S/C14H18FNO/c1-9-7-12(15)6-3-10(9)8-13(17)14(2,16)11-4-5-11/h3,6-7,11H,4-5,8,16H2,1-2H3. The highest BCUT2D eigenvalue weighted by atomic mass is 19.1. The van der Waals surface area contributed by atoms with Gasteiger partial charge < -0.3 is 5.73 Å². The molecular weight excluding hydrogens is 217 g/mol. The second-order valence-electron chi connectivity index (χ2n) is 5.23. The molecule has 0 spiro atoms. The maximum Gasteiger partial charge on any atom is 0.157 e. The summed E-state index contributed by atoms with van der Waals surface area (Å²) >= 11 is 0. The minimum atomic E-state index is -0.721. The molecule has 92 valence electrons. The molecule has 1 unspecified atom stereocenters. The Balaban J connectivity index is 2.12. The molecule has 2 N–H and O–H groups in total. The number of hydrogen-bond acceptors (Lipinski definition) is 2. The van der Waals surface area contributed by atoms with E-state index in [1.54, 1.807) is 6.07 Å². The van der Waals surface area contributed by atoms with Gasteiger partial charge in [0.2, 0.25) is 0 Å². The average Bonchev–Trinajstić information content (AvgIpc) is 3.05. The van der Waals surface area contributed by atoms with Gasteiger partial charge in [0, 0.05) is 6.42 Å². The number of nitrogens with two attached hydrogens (primary N) is 1. The SMILES string of the molecule is Cc1cc(F)ccc1CC(=O)C(C)(N)C1CC1. The molecule has 0 heterocycles. The van der Waals surface area contributed by atoms with Crippen molar-refractivity contribution in [1.29, 1.82) is 0 Å². The van der Waals surface area contributed by atoms with Gasteiger partial charge in [0.25, 0.3) is 0 Å². The fourth-order valence-electron chi connectivity index (χ4n) is 2.13. The summed E-state index contributed by atoms with van der Waals surface area (Å²) in [5.41, 5.74) is 7.03. The molecule has 0 radical (unpaired) electrons. The average molecular weight is 235 g/mol. The molecule has 2 nitrogen and oxygen atoms in total. The number of Topliss-reactive ketones (excluding diaryl/α,β-unsaturated/α-hetero) is 1. The molecule has 1 aliphatic carbocycles. The normalized spacial score (nSPS) is 18.8. The van der Waals surface area contributed by atoms with Crippen LogP contribution < -0.4 is 5.73 Å². The van der Waals surface area contributed by atoms with Crippen LogP contribution in [0.25, 0.3) is 0 Å². The van der Waals surface area contributed by atoms with E-state index in [2.05, 4.69) is 0 Å². The molecule has 2 rings (SSSR count). The lowest BCUT2D eigenvalue weighted by atomic mass is 9.87. The van der Waals surface area contributed by atoms with Gasteiger partial charge in [0.1, 0.15) is 5.82 Å². The van der Waals surface area contributed by atoms with Crippen LogP contribution in [-0.2, 0) is 11.2 Å². The molecule has 1 aliphatic rings. The molecule has 3 heteroatoms. The van der Waals surface area contributed by atoms with Gasteiger partial charge in [0.05, 0.1) is 5.54 Å². The molecule has 0 aromatic heterocycles. The van der Waals surface area contributed by atoms with Gasteiger partial charge in [-0.25, -0.2) is 4.39 Å². The van der Waals surface area contributed by atoms with Crippen LogP contribution in [0.2, 0.25) is 0 Å². The maximum absolute atomic E-state index is 12.9. The maximum atomic E-state index is 12.9. The summed E-state index contributed by atoms with van der Waals surface area (Å²) in [4.78, 5) is 12.1. The van der Waals surface area contributed by atoms with Gasteiger partial charge in [-0.15, -0.1) is 0 Å². The smallest absolute Gasteiger partial charge is 0.157 e. The second-order valence-corrected chi connectivity index (χ2v) is 5.23. The molecule has 0 amide bonds. The molecule has 0 bridgehead atoms. The summed E-state index contributed by atoms with van der Waals surface area (Å²) < 4.78 is 12.9. The minimum Gasteiger partial charge on any atom is -0.319 e. The van der Waals surface area contributed by atoms with Crippen LogP contribution in [0.5, 0.6) is 0 Å². The Morgan fingerprint density at radius 2 is 2.18 bits per heavy atom. The zero-order valence-electron chi connectivity index (χ0n) is 10.3. The molecule has 0 saturated heterocycles. The highest BCUT2D eigenvalue weighted by Gasteiger charge is 2.43. The Labute approximate surface area is 101 Å². The van der Waals surface area contributed by atoms with E-state index in [-0.39, 0.29) is 11.6 Å². The Morgan fingerprint density at radius 3 is 2.71 bits per heavy atom. The lowest BCUT2D eigenvalue weighted by molar-refractivity contribution is -0.123. The number of benzene rings is 1. The highest BCUT2D eigenvalue weighted by Crippen LogP contribution is 2.39. The Bertz CT molecular complexity index is 450. The summed E-state index contributed by atoms with van der Waals surface area (Å²) in [6, 6.07) is 4.51. The number of ketones is 1. The lowest BCUT2D eigenvalue weighted by Crippen LogP contribution is -2.48. The first-order valence-corrected chi connectivity index (χ1v) is 5.98. The summed E-state index contributed by atoms with van der Waals surface area (Å²) in [5.74, 6) is 0.113. The van der Waals surface area contributed by atoms with Gasteiger partial charge in [-0.2, -0.15) is 0 Å². The summed E-state index contributed by atoms with van der Waals surface area (Å²) in [6.07, 6.45) is 2.39. The third-order valence-electron chi connectivity index (χ3n) is 3.68. The van der Waals surface area contributed by atoms with E-state index in [1.165, 1.54) is 12.1 Å². The molecule has 17 heavy (non-hydrogen) atoms. The molecule has 1 fully saturated rings. The number of rotatable bonds is 4. The van der Waals surface area contributed by atoms with E-state index in [0.717, 1.165) is 24.0 Å². The van der Waals surface area contributed by atoms with Crippen LogP contribution in [0.4, 0.5) is 4.39 Å². The Morgan fingerprint density at radius 1 is 1.53 bits per heavy atom. The van der Waals surface area contributed by atoms with Gasteiger partial charge in [-0.3, -0.25) is 4.79 Å². The number of carbonyl (C=O) groups excluding carboxylic acids is 1. The van der Waals surface area contributed by atoms with Crippen LogP contribution >= 0.6 is 0 Å². The molecule has 0 aliphatic heterocycles. The predicted molar refractivity (Wildman–Crippen MR) is 65.2 cm³/mol. The molecular formula is C14H18FNO. The molecule has 1 saturated carbocycles.